The predicted octanol–water partition coefficient (Wildman–Crippen LogP) is 9.53. The van der Waals surface area contributed by atoms with Crippen LogP contribution in [0.4, 0.5) is 0 Å². The molecular formula is C33H34ClZr. The van der Waals surface area contributed by atoms with Gasteiger partial charge < -0.3 is 0 Å². The molecule has 0 saturated heterocycles. The first-order valence-corrected chi connectivity index (χ1v) is 19.0. The van der Waals surface area contributed by atoms with Gasteiger partial charge in [0.1, 0.15) is 0 Å². The van der Waals surface area contributed by atoms with Crippen molar-refractivity contribution in [2.24, 2.45) is 0 Å². The van der Waals surface area contributed by atoms with Gasteiger partial charge in [0.15, 0.2) is 0 Å². The SMILES string of the molecule is CC1=Cc2cc3c(cc2[CH]1[Zr]([Cl])[CH]1C(C)=Cc2c(-c4ccc(C(C)(C)C)cc4)cccc21)CCC3. The summed E-state index contributed by atoms with van der Waals surface area (Å²) in [6, 6.07) is 21.1. The van der Waals surface area contributed by atoms with Crippen LogP contribution in [-0.2, 0) is 38.8 Å². The molecule has 6 rings (SSSR count). The van der Waals surface area contributed by atoms with E-state index < -0.39 is 20.6 Å². The second-order valence-corrected chi connectivity index (χ2v) is 19.1. The van der Waals surface area contributed by atoms with E-state index in [1.54, 1.807) is 11.1 Å². The summed E-state index contributed by atoms with van der Waals surface area (Å²) in [5, 5.41) is 0. The molecule has 3 aromatic rings. The van der Waals surface area contributed by atoms with Crippen LogP contribution in [0.2, 0.25) is 0 Å². The third-order valence-electron chi connectivity index (χ3n) is 8.34. The fourth-order valence-corrected chi connectivity index (χ4v) is 16.0. The minimum atomic E-state index is -2.46. The Labute approximate surface area is 222 Å². The van der Waals surface area contributed by atoms with Gasteiger partial charge in [0, 0.05) is 0 Å². The van der Waals surface area contributed by atoms with Gasteiger partial charge in [-0.15, -0.1) is 0 Å². The van der Waals surface area contributed by atoms with Crippen molar-refractivity contribution in [3.05, 3.63) is 105 Å². The zero-order valence-corrected chi connectivity index (χ0v) is 24.7. The number of hydrogen-bond acceptors (Lipinski definition) is 0. The van der Waals surface area contributed by atoms with E-state index in [4.69, 9.17) is 8.51 Å². The number of benzene rings is 3. The third-order valence-corrected chi connectivity index (χ3v) is 17.4. The van der Waals surface area contributed by atoms with Gasteiger partial charge in [0.05, 0.1) is 0 Å². The van der Waals surface area contributed by atoms with Crippen LogP contribution in [-0.4, -0.2) is 0 Å². The molecule has 0 fully saturated rings. The summed E-state index contributed by atoms with van der Waals surface area (Å²) >= 11 is -2.46. The van der Waals surface area contributed by atoms with Crippen molar-refractivity contribution in [2.45, 2.75) is 66.5 Å². The first kappa shape index (κ1) is 23.7. The molecule has 3 aliphatic carbocycles. The van der Waals surface area contributed by atoms with Gasteiger partial charge in [-0.3, -0.25) is 0 Å². The number of rotatable bonds is 3. The summed E-state index contributed by atoms with van der Waals surface area (Å²) in [4.78, 5) is 0. The van der Waals surface area contributed by atoms with Gasteiger partial charge in [0.25, 0.3) is 0 Å². The summed E-state index contributed by atoms with van der Waals surface area (Å²) < 4.78 is 0.893. The summed E-state index contributed by atoms with van der Waals surface area (Å²) in [7, 11) is 7.67. The fraction of sp³-hybridized carbons (Fsp3) is 0.333. The summed E-state index contributed by atoms with van der Waals surface area (Å²) in [5.74, 6) is 0. The van der Waals surface area contributed by atoms with Crippen LogP contribution in [0.3, 0.4) is 0 Å². The fourth-order valence-electron chi connectivity index (χ4n) is 6.46. The standard InChI is InChI=1S/C20H21.C13H13.ClH.Zr/c1-14-12-16-6-5-7-18(19(16)13-14)15-8-10-17(11-9-15)20(2,3)4;1-9-5-12-7-10-3-2-4-11(10)8-13(12)6-9;;/h5-13H,1-4H3;5-8H,2-4H2,1H3;1H;/q;;;+1/p-1. The molecule has 0 aliphatic heterocycles. The Morgan fingerprint density at radius 1 is 0.800 bits per heavy atom. The van der Waals surface area contributed by atoms with Crippen LogP contribution in [0.15, 0.2) is 65.7 Å². The van der Waals surface area contributed by atoms with Crippen molar-refractivity contribution in [1.29, 1.82) is 0 Å². The number of allylic oxidation sites excluding steroid dienone is 2. The van der Waals surface area contributed by atoms with E-state index in [-0.39, 0.29) is 5.41 Å². The Morgan fingerprint density at radius 2 is 1.46 bits per heavy atom. The molecule has 2 heteroatoms. The summed E-state index contributed by atoms with van der Waals surface area (Å²) in [6.07, 6.45) is 8.65. The predicted molar refractivity (Wildman–Crippen MR) is 148 cm³/mol. The van der Waals surface area contributed by atoms with E-state index in [1.807, 2.05) is 0 Å². The number of halogens is 1. The zero-order valence-electron chi connectivity index (χ0n) is 21.5. The number of aryl methyl sites for hydroxylation is 2. The molecule has 0 aromatic heterocycles. The summed E-state index contributed by atoms with van der Waals surface area (Å²) in [5.41, 5.74) is 16.1. The topological polar surface area (TPSA) is 0 Å². The number of fused-ring (bicyclic) bond motifs is 3. The number of hydrogen-bond donors (Lipinski definition) is 0. The van der Waals surface area contributed by atoms with Gasteiger partial charge in [0.2, 0.25) is 0 Å². The van der Waals surface area contributed by atoms with Gasteiger partial charge in [-0.2, -0.15) is 0 Å². The molecular weight excluding hydrogens is 523 g/mol. The Kier molecular flexibility index (Phi) is 5.90. The second-order valence-electron chi connectivity index (χ2n) is 11.8. The average Bonchev–Trinajstić information content (AvgIpc) is 3.49. The normalized spacial score (nSPS) is 20.3. The van der Waals surface area contributed by atoms with Crippen molar-refractivity contribution < 1.29 is 20.6 Å². The molecule has 0 saturated carbocycles. The molecule has 0 amide bonds. The van der Waals surface area contributed by atoms with E-state index in [2.05, 4.69) is 101 Å². The molecule has 35 heavy (non-hydrogen) atoms. The quantitative estimate of drug-likeness (QED) is 0.301. The molecule has 177 valence electrons. The van der Waals surface area contributed by atoms with E-state index in [0.29, 0.717) is 7.25 Å². The van der Waals surface area contributed by atoms with E-state index >= 15 is 0 Å². The summed E-state index contributed by atoms with van der Waals surface area (Å²) in [6.45, 7) is 11.5. The van der Waals surface area contributed by atoms with Crippen LogP contribution in [0, 0.1) is 0 Å². The molecule has 2 unspecified atom stereocenters. The van der Waals surface area contributed by atoms with Crippen molar-refractivity contribution >= 4 is 20.7 Å². The monoisotopic (exact) mass is 555 g/mol. The first-order valence-electron chi connectivity index (χ1n) is 13.0. The Morgan fingerprint density at radius 3 is 2.17 bits per heavy atom. The van der Waals surface area contributed by atoms with Crippen LogP contribution in [0.1, 0.15) is 87.2 Å². The molecule has 2 atom stereocenters. The minimum absolute atomic E-state index is 0.168. The molecule has 3 aromatic carbocycles. The van der Waals surface area contributed by atoms with Crippen LogP contribution >= 0.6 is 8.51 Å². The van der Waals surface area contributed by atoms with Gasteiger partial charge in [-0.1, -0.05) is 0 Å². The molecule has 0 spiro atoms. The van der Waals surface area contributed by atoms with Gasteiger partial charge >= 0.3 is 224 Å². The third kappa shape index (κ3) is 3.99. The molecule has 0 radical (unpaired) electrons. The zero-order chi connectivity index (χ0) is 24.5. The Bertz CT molecular complexity index is 1380. The van der Waals surface area contributed by atoms with Gasteiger partial charge in [-0.25, -0.2) is 0 Å². The van der Waals surface area contributed by atoms with E-state index in [9.17, 15) is 0 Å². The molecule has 0 heterocycles. The van der Waals surface area contributed by atoms with E-state index in [1.165, 1.54) is 69.4 Å². The van der Waals surface area contributed by atoms with Crippen LogP contribution in [0.5, 0.6) is 0 Å². The van der Waals surface area contributed by atoms with Crippen molar-refractivity contribution in [1.82, 2.24) is 0 Å². The first-order chi connectivity index (χ1) is 16.7. The Balaban J connectivity index is 1.37. The second kappa shape index (κ2) is 8.71. The van der Waals surface area contributed by atoms with Crippen molar-refractivity contribution in [3.63, 3.8) is 0 Å². The van der Waals surface area contributed by atoms with Crippen molar-refractivity contribution in [2.75, 3.05) is 0 Å². The van der Waals surface area contributed by atoms with Crippen molar-refractivity contribution in [3.8, 4) is 11.1 Å². The van der Waals surface area contributed by atoms with Gasteiger partial charge in [-0.05, 0) is 0 Å². The maximum absolute atomic E-state index is 7.67. The Hall–Kier alpha value is -1.69. The molecule has 3 aliphatic rings. The van der Waals surface area contributed by atoms with E-state index in [0.717, 1.165) is 0 Å². The van der Waals surface area contributed by atoms with Crippen LogP contribution < -0.4 is 0 Å². The maximum atomic E-state index is 7.67. The molecule has 0 bridgehead atoms. The molecule has 0 N–H and O–H groups in total. The average molecular weight is 557 g/mol. The van der Waals surface area contributed by atoms with Crippen LogP contribution in [0.25, 0.3) is 23.3 Å². The molecule has 0 nitrogen and oxygen atoms in total.